The van der Waals surface area contributed by atoms with Gasteiger partial charge in [-0.3, -0.25) is 9.10 Å². The quantitative estimate of drug-likeness (QED) is 0.752. The highest BCUT2D eigenvalue weighted by Crippen LogP contribution is 2.28. The molecule has 1 amide bonds. The molecule has 140 valence electrons. The van der Waals surface area contributed by atoms with Gasteiger partial charge in [-0.25, -0.2) is 21.5 Å². The van der Waals surface area contributed by atoms with Crippen molar-refractivity contribution in [1.29, 1.82) is 0 Å². The van der Waals surface area contributed by atoms with Gasteiger partial charge in [-0.2, -0.15) is 0 Å². The smallest absolute Gasteiger partial charge is 0.257 e. The fraction of sp³-hybridized carbons (Fsp3) is 0.188. The van der Waals surface area contributed by atoms with E-state index in [1.807, 2.05) is 0 Å². The average Bonchev–Trinajstić information content (AvgIpc) is 2.53. The first-order chi connectivity index (χ1) is 12.0. The zero-order valence-electron chi connectivity index (χ0n) is 13.8. The molecule has 0 radical (unpaired) electrons. The van der Waals surface area contributed by atoms with Crippen molar-refractivity contribution < 1.29 is 22.0 Å². The second kappa shape index (κ2) is 7.81. The number of carbonyl (C=O) groups excluding carboxylic acids is 1. The minimum atomic E-state index is -3.88. The molecule has 0 aromatic heterocycles. The summed E-state index contributed by atoms with van der Waals surface area (Å²) in [5.74, 6) is -2.95. The highest BCUT2D eigenvalue weighted by molar-refractivity contribution is 7.92. The lowest BCUT2D eigenvalue weighted by molar-refractivity contribution is -0.116. The van der Waals surface area contributed by atoms with Crippen LogP contribution in [0, 0.1) is 18.6 Å². The van der Waals surface area contributed by atoms with Crippen LogP contribution in [0.15, 0.2) is 36.4 Å². The van der Waals surface area contributed by atoms with Gasteiger partial charge in [0.2, 0.25) is 10.0 Å². The standard InChI is InChI=1S/C16H15ClF2N2O3S2/c1-10-6-7-11(17)8-14(10)20(26(2,23)24)9-15(22)21(25)16-12(18)4-3-5-13(16)19/h3-8,25H,9H2,1-2H3. The Morgan fingerprint density at radius 3 is 2.31 bits per heavy atom. The van der Waals surface area contributed by atoms with Crippen molar-refractivity contribution in [2.75, 3.05) is 21.4 Å². The molecule has 0 fully saturated rings. The van der Waals surface area contributed by atoms with Crippen LogP contribution in [0.4, 0.5) is 20.2 Å². The van der Waals surface area contributed by atoms with Crippen molar-refractivity contribution in [1.82, 2.24) is 0 Å². The van der Waals surface area contributed by atoms with E-state index in [1.54, 1.807) is 19.1 Å². The third kappa shape index (κ3) is 4.46. The molecule has 0 N–H and O–H groups in total. The van der Waals surface area contributed by atoms with Crippen LogP contribution in [-0.2, 0) is 14.8 Å². The minimum absolute atomic E-state index is 0.184. The number of benzene rings is 2. The van der Waals surface area contributed by atoms with Gasteiger partial charge < -0.3 is 0 Å². The predicted molar refractivity (Wildman–Crippen MR) is 101 cm³/mol. The van der Waals surface area contributed by atoms with Gasteiger partial charge in [0, 0.05) is 5.02 Å². The third-order valence-corrected chi connectivity index (χ3v) is 5.29. The molecule has 2 aromatic carbocycles. The lowest BCUT2D eigenvalue weighted by Gasteiger charge is -2.26. The molecule has 0 spiro atoms. The Bertz CT molecular complexity index is 934. The van der Waals surface area contributed by atoms with Crippen molar-refractivity contribution in [2.45, 2.75) is 6.92 Å². The number of hydrogen-bond acceptors (Lipinski definition) is 4. The van der Waals surface area contributed by atoms with E-state index in [-0.39, 0.29) is 10.7 Å². The molecule has 2 aromatic rings. The summed E-state index contributed by atoms with van der Waals surface area (Å²) in [5, 5.41) is 0.273. The molecule has 26 heavy (non-hydrogen) atoms. The number of amides is 1. The first kappa shape index (κ1) is 20.5. The lowest BCUT2D eigenvalue weighted by atomic mass is 10.2. The molecule has 10 heteroatoms. The van der Waals surface area contributed by atoms with Crippen molar-refractivity contribution >= 4 is 51.7 Å². The van der Waals surface area contributed by atoms with Crippen molar-refractivity contribution in [3.05, 3.63) is 58.6 Å². The Labute approximate surface area is 160 Å². The number of rotatable bonds is 5. The Morgan fingerprint density at radius 1 is 1.19 bits per heavy atom. The van der Waals surface area contributed by atoms with Gasteiger partial charge in [-0.05, 0) is 36.8 Å². The number of aryl methyl sites for hydroxylation is 1. The van der Waals surface area contributed by atoms with E-state index in [2.05, 4.69) is 12.8 Å². The number of sulfonamides is 1. The molecule has 0 heterocycles. The van der Waals surface area contributed by atoms with Gasteiger partial charge in [0.1, 0.15) is 12.2 Å². The number of anilines is 2. The van der Waals surface area contributed by atoms with Gasteiger partial charge in [-0.15, -0.1) is 0 Å². The monoisotopic (exact) mass is 420 g/mol. The fourth-order valence-corrected chi connectivity index (χ4v) is 3.56. The molecule has 2 rings (SSSR count). The topological polar surface area (TPSA) is 57.7 Å². The summed E-state index contributed by atoms with van der Waals surface area (Å²) in [4.78, 5) is 12.5. The third-order valence-electron chi connectivity index (χ3n) is 3.50. The van der Waals surface area contributed by atoms with Crippen LogP contribution in [0.2, 0.25) is 5.02 Å². The average molecular weight is 421 g/mol. The highest BCUT2D eigenvalue weighted by Gasteiger charge is 2.27. The van der Waals surface area contributed by atoms with Crippen molar-refractivity contribution in [3.63, 3.8) is 0 Å². The van der Waals surface area contributed by atoms with E-state index in [9.17, 15) is 22.0 Å². The van der Waals surface area contributed by atoms with E-state index < -0.39 is 39.8 Å². The van der Waals surface area contributed by atoms with Crippen LogP contribution in [-0.4, -0.2) is 27.1 Å². The maximum absolute atomic E-state index is 13.8. The molecule has 0 aliphatic heterocycles. The van der Waals surface area contributed by atoms with E-state index in [0.29, 0.717) is 9.87 Å². The Kier molecular flexibility index (Phi) is 6.15. The Hall–Kier alpha value is -1.84. The zero-order valence-corrected chi connectivity index (χ0v) is 16.2. The molecule has 0 bridgehead atoms. The summed E-state index contributed by atoms with van der Waals surface area (Å²) < 4.78 is 53.3. The molecule has 0 saturated heterocycles. The Morgan fingerprint density at radius 2 is 1.77 bits per heavy atom. The van der Waals surface area contributed by atoms with E-state index in [4.69, 9.17) is 11.6 Å². The molecule has 0 aliphatic carbocycles. The minimum Gasteiger partial charge on any atom is -0.271 e. The summed E-state index contributed by atoms with van der Waals surface area (Å²) >= 11 is 9.76. The zero-order chi connectivity index (χ0) is 19.6. The number of carbonyl (C=O) groups is 1. The van der Waals surface area contributed by atoms with E-state index in [1.165, 1.54) is 6.07 Å². The number of nitrogens with zero attached hydrogens (tertiary/aromatic N) is 2. The maximum Gasteiger partial charge on any atom is 0.257 e. The molecule has 0 aliphatic rings. The summed E-state index contributed by atoms with van der Waals surface area (Å²) in [5.41, 5.74) is 0.0524. The van der Waals surface area contributed by atoms with E-state index in [0.717, 1.165) is 28.8 Å². The second-order valence-corrected chi connectivity index (χ2v) is 8.22. The van der Waals surface area contributed by atoms with Crippen molar-refractivity contribution in [2.24, 2.45) is 0 Å². The van der Waals surface area contributed by atoms with Crippen LogP contribution in [0.1, 0.15) is 5.56 Å². The van der Waals surface area contributed by atoms with Gasteiger partial charge in [0.05, 0.1) is 11.9 Å². The number of thiol groups is 1. The largest absolute Gasteiger partial charge is 0.271 e. The maximum atomic E-state index is 13.8. The van der Waals surface area contributed by atoms with Gasteiger partial charge >= 0.3 is 0 Å². The highest BCUT2D eigenvalue weighted by atomic mass is 35.5. The molecular formula is C16H15ClF2N2O3S2. The van der Waals surface area contributed by atoms with Gasteiger partial charge in [0.25, 0.3) is 5.91 Å². The van der Waals surface area contributed by atoms with Gasteiger partial charge in [-0.1, -0.05) is 36.5 Å². The summed E-state index contributed by atoms with van der Waals surface area (Å²) in [7, 11) is -3.88. The van der Waals surface area contributed by atoms with E-state index >= 15 is 0 Å². The van der Waals surface area contributed by atoms with Crippen LogP contribution in [0.5, 0.6) is 0 Å². The number of halogens is 3. The first-order valence-electron chi connectivity index (χ1n) is 7.22. The normalized spacial score (nSPS) is 11.3. The summed E-state index contributed by atoms with van der Waals surface area (Å²) in [6.45, 7) is 0.931. The van der Waals surface area contributed by atoms with Crippen LogP contribution in [0.25, 0.3) is 0 Å². The summed E-state index contributed by atoms with van der Waals surface area (Å²) in [6, 6.07) is 7.61. The fourth-order valence-electron chi connectivity index (χ4n) is 2.24. The van der Waals surface area contributed by atoms with Crippen LogP contribution in [0.3, 0.4) is 0 Å². The first-order valence-corrected chi connectivity index (χ1v) is 9.84. The van der Waals surface area contributed by atoms with Crippen molar-refractivity contribution in [3.8, 4) is 0 Å². The second-order valence-electron chi connectivity index (χ2n) is 5.48. The molecular weight excluding hydrogens is 406 g/mol. The predicted octanol–water partition coefficient (Wildman–Crippen LogP) is 3.57. The van der Waals surface area contributed by atoms with Crippen LogP contribution >= 0.6 is 24.4 Å². The summed E-state index contributed by atoms with van der Waals surface area (Å²) in [6.07, 6.45) is 0.910. The molecule has 0 unspecified atom stereocenters. The van der Waals surface area contributed by atoms with Crippen LogP contribution < -0.4 is 8.61 Å². The molecule has 0 saturated carbocycles. The molecule has 0 atom stereocenters. The molecule has 5 nitrogen and oxygen atoms in total. The number of hydrogen-bond donors (Lipinski definition) is 1. The number of para-hydroxylation sites is 1. The lowest BCUT2D eigenvalue weighted by Crippen LogP contribution is -2.40. The van der Waals surface area contributed by atoms with Gasteiger partial charge in [0.15, 0.2) is 11.6 Å². The SMILES string of the molecule is Cc1ccc(Cl)cc1N(CC(=O)N(S)c1c(F)cccc1F)S(C)(=O)=O. The Balaban J connectivity index is 2.41.